The van der Waals surface area contributed by atoms with Gasteiger partial charge in [-0.15, -0.1) is 0 Å². The highest BCUT2D eigenvalue weighted by atomic mass is 32.2. The number of carboxylic acid groups (broad SMARTS) is 1. The maximum absolute atomic E-state index is 13.1. The molecule has 0 bridgehead atoms. The van der Waals surface area contributed by atoms with Gasteiger partial charge in [-0.25, -0.2) is 13.2 Å². The van der Waals surface area contributed by atoms with Crippen LogP contribution in [0, 0.1) is 5.41 Å². The predicted molar refractivity (Wildman–Crippen MR) is 148 cm³/mol. The lowest BCUT2D eigenvalue weighted by Gasteiger charge is -2.25. The minimum atomic E-state index is -3.88. The van der Waals surface area contributed by atoms with Crippen LogP contribution < -0.4 is 10.00 Å². The average Bonchev–Trinajstić information content (AvgIpc) is 3.62. The molecule has 1 amide bonds. The highest BCUT2D eigenvalue weighted by Gasteiger charge is 2.40. The molecule has 2 atom stereocenters. The van der Waals surface area contributed by atoms with E-state index >= 15 is 0 Å². The Kier molecular flexibility index (Phi) is 9.43. The number of hydrogen-bond donors (Lipinski definition) is 4. The van der Waals surface area contributed by atoms with Gasteiger partial charge in [0.1, 0.15) is 18.6 Å². The number of aryl methyl sites for hydroxylation is 1. The van der Waals surface area contributed by atoms with E-state index < -0.39 is 34.0 Å². The largest absolute Gasteiger partial charge is 0.480 e. The smallest absolute Gasteiger partial charge is 0.326 e. The zero-order valence-electron chi connectivity index (χ0n) is 22.4. The second-order valence-electron chi connectivity index (χ2n) is 10.0. The van der Waals surface area contributed by atoms with Crippen LogP contribution >= 0.6 is 0 Å². The predicted octanol–water partition coefficient (Wildman–Crippen LogP) is 2.54. The molecule has 2 aromatic carbocycles. The maximum atomic E-state index is 13.1. The number of sulfonamides is 1. The second kappa shape index (κ2) is 13.0. The van der Waals surface area contributed by atoms with Gasteiger partial charge >= 0.3 is 5.97 Å². The van der Waals surface area contributed by atoms with Crippen LogP contribution in [0.25, 0.3) is 11.3 Å². The summed E-state index contributed by atoms with van der Waals surface area (Å²) in [5, 5.41) is 27.2. The molecule has 1 fully saturated rings. The minimum Gasteiger partial charge on any atom is -0.480 e. The molecule has 4 rings (SSSR count). The Hall–Kier alpha value is -3.90. The van der Waals surface area contributed by atoms with Gasteiger partial charge in [0, 0.05) is 29.3 Å². The lowest BCUT2D eigenvalue weighted by molar-refractivity contribution is -0.753. The van der Waals surface area contributed by atoms with Gasteiger partial charge in [0.25, 0.3) is 0 Å². The number of rotatable bonds is 13. The number of aromatic amines is 1. The zero-order valence-corrected chi connectivity index (χ0v) is 23.2. The summed E-state index contributed by atoms with van der Waals surface area (Å²) < 4.78 is 29.3. The van der Waals surface area contributed by atoms with Gasteiger partial charge in [-0.05, 0) is 56.7 Å². The molecule has 212 valence electrons. The Morgan fingerprint density at radius 1 is 1.18 bits per heavy atom. The molecule has 1 aliphatic heterocycles. The fraction of sp³-hybridized carbons (Fsp3) is 0.393. The third kappa shape index (κ3) is 7.19. The molecule has 11 nitrogen and oxygen atoms in total. The maximum Gasteiger partial charge on any atom is 0.326 e. The summed E-state index contributed by atoms with van der Waals surface area (Å²) in [6.45, 7) is 2.77. The van der Waals surface area contributed by atoms with Crippen molar-refractivity contribution in [1.29, 1.82) is 5.41 Å². The summed E-state index contributed by atoms with van der Waals surface area (Å²) in [7, 11) is -3.88. The Morgan fingerprint density at radius 2 is 1.90 bits per heavy atom. The van der Waals surface area contributed by atoms with Crippen LogP contribution in [-0.4, -0.2) is 64.4 Å². The minimum absolute atomic E-state index is 0.0481. The van der Waals surface area contributed by atoms with E-state index in [1.807, 2.05) is 23.0 Å². The molecular formula is C28H35N6O5S+. The number of hydrogen-bond acceptors (Lipinski definition) is 6. The van der Waals surface area contributed by atoms with Crippen molar-refractivity contribution in [2.24, 2.45) is 0 Å². The van der Waals surface area contributed by atoms with Crippen molar-refractivity contribution in [3.8, 4) is 11.3 Å². The molecular weight excluding hydrogens is 532 g/mol. The molecule has 12 heteroatoms. The van der Waals surface area contributed by atoms with E-state index in [1.165, 1.54) is 12.1 Å². The average molecular weight is 568 g/mol. The first-order valence-corrected chi connectivity index (χ1v) is 14.8. The van der Waals surface area contributed by atoms with Crippen LogP contribution in [0.4, 0.5) is 0 Å². The lowest BCUT2D eigenvalue weighted by atomic mass is 10.0. The van der Waals surface area contributed by atoms with Gasteiger partial charge in [-0.2, -0.15) is 8.99 Å². The van der Waals surface area contributed by atoms with E-state index in [4.69, 9.17) is 5.41 Å². The van der Waals surface area contributed by atoms with E-state index in [0.29, 0.717) is 24.1 Å². The quantitative estimate of drug-likeness (QED) is 0.141. The number of nitrogens with one attached hydrogen (secondary N) is 3. The first-order chi connectivity index (χ1) is 19.1. The fourth-order valence-corrected chi connectivity index (χ4v) is 6.46. The molecule has 2 heterocycles. The fourth-order valence-electron chi connectivity index (χ4n) is 4.78. The number of aromatic nitrogens is 3. The molecule has 40 heavy (non-hydrogen) atoms. The molecule has 4 N–H and O–H groups in total. The number of amides is 1. The number of unbranched alkanes of at least 4 members (excludes halogenated alkanes) is 1. The molecule has 0 saturated carbocycles. The van der Waals surface area contributed by atoms with Crippen molar-refractivity contribution in [2.75, 3.05) is 6.54 Å². The van der Waals surface area contributed by atoms with Gasteiger partial charge in [-0.3, -0.25) is 4.79 Å². The van der Waals surface area contributed by atoms with Crippen molar-refractivity contribution in [3.05, 3.63) is 66.4 Å². The molecule has 1 saturated heterocycles. The van der Waals surface area contributed by atoms with Crippen LogP contribution in [0.3, 0.4) is 0 Å². The number of H-pyrrole nitrogens is 1. The zero-order chi connectivity index (χ0) is 28.7. The van der Waals surface area contributed by atoms with Crippen LogP contribution in [0.5, 0.6) is 0 Å². The molecule has 3 aromatic rings. The number of aliphatic carboxylic acids is 1. The molecule has 0 aliphatic carbocycles. The number of benzene rings is 2. The van der Waals surface area contributed by atoms with E-state index in [1.54, 1.807) is 37.3 Å². The van der Waals surface area contributed by atoms with Crippen molar-refractivity contribution >= 4 is 27.6 Å². The third-order valence-electron chi connectivity index (χ3n) is 6.94. The SMILES string of the molecule is CC(=N)CCCC[n+]1cc(-c2ccc(CC(NC(=O)[C@@H]3CCCN3S(=O)(=O)c3ccccc3)C(=O)O)cc2)n[nH]1. The third-order valence-corrected chi connectivity index (χ3v) is 8.86. The van der Waals surface area contributed by atoms with Gasteiger partial charge in [0.05, 0.1) is 4.90 Å². The Morgan fingerprint density at radius 3 is 2.58 bits per heavy atom. The molecule has 0 radical (unpaired) electrons. The number of carbonyl (C=O) groups is 2. The summed E-state index contributed by atoms with van der Waals surface area (Å²) in [4.78, 5) is 25.2. The van der Waals surface area contributed by atoms with E-state index in [0.717, 1.165) is 41.4 Å². The van der Waals surface area contributed by atoms with Gasteiger partial charge in [0.15, 0.2) is 6.20 Å². The second-order valence-corrected chi connectivity index (χ2v) is 11.9. The number of carbonyl (C=O) groups excluding carboxylic acids is 1. The Bertz CT molecular complexity index is 1440. The lowest BCUT2D eigenvalue weighted by Crippen LogP contribution is -2.51. The Balaban J connectivity index is 1.37. The normalized spacial score (nSPS) is 16.5. The summed E-state index contributed by atoms with van der Waals surface area (Å²) in [5.41, 5.74) is 3.00. The van der Waals surface area contributed by atoms with Gasteiger partial charge in [-0.1, -0.05) is 47.7 Å². The van der Waals surface area contributed by atoms with Crippen LogP contribution in [-0.2, 0) is 32.6 Å². The van der Waals surface area contributed by atoms with Crippen LogP contribution in [0.1, 0.15) is 44.6 Å². The monoisotopic (exact) mass is 567 g/mol. The highest BCUT2D eigenvalue weighted by Crippen LogP contribution is 2.26. The van der Waals surface area contributed by atoms with Gasteiger partial charge in [0.2, 0.25) is 21.6 Å². The summed E-state index contributed by atoms with van der Waals surface area (Å²) in [5.74, 6) is -1.81. The first kappa shape index (κ1) is 29.1. The van der Waals surface area contributed by atoms with Crippen molar-refractivity contribution in [1.82, 2.24) is 19.9 Å². The van der Waals surface area contributed by atoms with E-state index in [-0.39, 0.29) is 17.9 Å². The van der Waals surface area contributed by atoms with E-state index in [9.17, 15) is 23.1 Å². The van der Waals surface area contributed by atoms with Crippen molar-refractivity contribution < 1.29 is 27.8 Å². The van der Waals surface area contributed by atoms with E-state index in [2.05, 4.69) is 15.6 Å². The molecule has 1 unspecified atom stereocenters. The van der Waals surface area contributed by atoms with Crippen LogP contribution in [0.15, 0.2) is 65.7 Å². The number of nitrogens with zero attached hydrogens (tertiary/aromatic N) is 3. The first-order valence-electron chi connectivity index (χ1n) is 13.3. The Labute approximate surface area is 233 Å². The van der Waals surface area contributed by atoms with Crippen molar-refractivity contribution in [3.63, 3.8) is 0 Å². The molecule has 0 spiro atoms. The molecule has 1 aliphatic rings. The standard InChI is InChI=1S/C28H34N6O5S/c1-20(29)8-5-6-16-33-19-25(31-32-33)22-14-12-21(13-15-22)18-24(28(36)37)30-27(35)26-11-7-17-34(26)40(38,39)23-9-3-2-4-10-23/h2-4,9-10,12-15,19,24,26,29H,5-8,11,16-18H2,1H3,(H2,30,35,36,37)/p+1/t24?,26-/m0/s1. The van der Waals surface area contributed by atoms with Crippen molar-refractivity contribution in [2.45, 2.75) is 69.0 Å². The summed E-state index contributed by atoms with van der Waals surface area (Å²) in [6.07, 6.45) is 5.45. The van der Waals surface area contributed by atoms with Crippen LogP contribution in [0.2, 0.25) is 0 Å². The topological polar surface area (TPSA) is 160 Å². The summed E-state index contributed by atoms with van der Waals surface area (Å²) in [6, 6.07) is 13.0. The molecule has 1 aromatic heterocycles. The number of carboxylic acids is 1. The van der Waals surface area contributed by atoms with Gasteiger partial charge < -0.3 is 15.8 Å². The highest BCUT2D eigenvalue weighted by molar-refractivity contribution is 7.89. The summed E-state index contributed by atoms with van der Waals surface area (Å²) >= 11 is 0.